The smallest absolute Gasteiger partial charge is 0.276 e. The Balaban J connectivity index is 1.32. The first-order valence-electron chi connectivity index (χ1n) is 10.3. The number of rotatable bonds is 5. The van der Waals surface area contributed by atoms with Crippen molar-refractivity contribution >= 4 is 23.4 Å². The fraction of sp³-hybridized carbons (Fsp3) is 0.524. The Bertz CT molecular complexity index is 860. The normalized spacial score (nSPS) is 19.6. The number of piperidine rings is 1. The van der Waals surface area contributed by atoms with Crippen LogP contribution >= 0.6 is 11.6 Å². The summed E-state index contributed by atoms with van der Waals surface area (Å²) in [6, 6.07) is 7.43. The van der Waals surface area contributed by atoms with Crippen LogP contribution < -0.4 is 0 Å². The second kappa shape index (κ2) is 8.95. The molecule has 8 heteroatoms. The van der Waals surface area contributed by atoms with Gasteiger partial charge >= 0.3 is 0 Å². The Morgan fingerprint density at radius 1 is 1.03 bits per heavy atom. The lowest BCUT2D eigenvalue weighted by Gasteiger charge is -2.32. The van der Waals surface area contributed by atoms with Gasteiger partial charge in [0.05, 0.1) is 12.6 Å². The van der Waals surface area contributed by atoms with Crippen molar-refractivity contribution in [2.45, 2.75) is 38.6 Å². The number of amides is 2. The summed E-state index contributed by atoms with van der Waals surface area (Å²) >= 11 is 5.92. The molecule has 2 aliphatic rings. The average molecular weight is 416 g/mol. The maximum atomic E-state index is 12.7. The van der Waals surface area contributed by atoms with Gasteiger partial charge in [-0.3, -0.25) is 14.3 Å². The van der Waals surface area contributed by atoms with Crippen LogP contribution in [0.1, 0.15) is 41.7 Å². The standard InChI is InChI=1S/C21H26ClN5O2/c22-18-7-5-16(6-8-18)12-20(28)26-11-3-4-17(13-26)14-27-15-19(23-24-27)21(29)25-9-1-2-10-25/h5-8,15,17H,1-4,9-14H2. The molecule has 0 aliphatic carbocycles. The van der Waals surface area contributed by atoms with Crippen molar-refractivity contribution in [2.24, 2.45) is 5.92 Å². The number of nitrogens with zero attached hydrogens (tertiary/aromatic N) is 5. The van der Waals surface area contributed by atoms with Gasteiger partial charge in [0.25, 0.3) is 5.91 Å². The summed E-state index contributed by atoms with van der Waals surface area (Å²) < 4.78 is 1.75. The third-order valence-electron chi connectivity index (χ3n) is 5.74. The van der Waals surface area contributed by atoms with Crippen LogP contribution in [0.25, 0.3) is 0 Å². The molecule has 2 fully saturated rings. The molecule has 1 atom stereocenters. The predicted molar refractivity (Wildman–Crippen MR) is 110 cm³/mol. The maximum Gasteiger partial charge on any atom is 0.276 e. The molecule has 154 valence electrons. The number of likely N-dealkylation sites (tertiary alicyclic amines) is 2. The molecule has 7 nitrogen and oxygen atoms in total. The number of benzene rings is 1. The highest BCUT2D eigenvalue weighted by Crippen LogP contribution is 2.20. The van der Waals surface area contributed by atoms with Crippen LogP contribution in [0, 0.1) is 5.92 Å². The number of halogens is 1. The Kier molecular flexibility index (Phi) is 6.13. The van der Waals surface area contributed by atoms with Crippen molar-refractivity contribution < 1.29 is 9.59 Å². The molecule has 3 heterocycles. The van der Waals surface area contributed by atoms with Crippen molar-refractivity contribution in [3.05, 3.63) is 46.7 Å². The summed E-state index contributed by atoms with van der Waals surface area (Å²) in [5.74, 6) is 0.423. The quantitative estimate of drug-likeness (QED) is 0.752. The molecule has 0 saturated carbocycles. The minimum Gasteiger partial charge on any atom is -0.342 e. The molecule has 4 rings (SSSR count). The number of aromatic nitrogens is 3. The maximum absolute atomic E-state index is 12.7. The summed E-state index contributed by atoms with van der Waals surface area (Å²) in [4.78, 5) is 28.9. The van der Waals surface area contributed by atoms with Gasteiger partial charge in [0.1, 0.15) is 0 Å². The molecule has 0 bridgehead atoms. The fourth-order valence-corrected chi connectivity index (χ4v) is 4.29. The fourth-order valence-electron chi connectivity index (χ4n) is 4.16. The zero-order valence-electron chi connectivity index (χ0n) is 16.5. The third kappa shape index (κ3) is 4.96. The SMILES string of the molecule is O=C(Cc1ccc(Cl)cc1)N1CCCC(Cn2cc(C(=O)N3CCCC3)nn2)C1. The van der Waals surface area contributed by atoms with E-state index < -0.39 is 0 Å². The first-order valence-corrected chi connectivity index (χ1v) is 10.7. The van der Waals surface area contributed by atoms with Crippen molar-refractivity contribution in [3.8, 4) is 0 Å². The molecule has 1 aromatic heterocycles. The highest BCUT2D eigenvalue weighted by Gasteiger charge is 2.26. The van der Waals surface area contributed by atoms with Crippen LogP contribution in [0.3, 0.4) is 0 Å². The molecule has 0 N–H and O–H groups in total. The van der Waals surface area contributed by atoms with Gasteiger partial charge in [-0.1, -0.05) is 28.9 Å². The zero-order valence-corrected chi connectivity index (χ0v) is 17.2. The van der Waals surface area contributed by atoms with E-state index in [2.05, 4.69) is 10.3 Å². The van der Waals surface area contributed by atoms with Gasteiger partial charge in [-0.25, -0.2) is 0 Å². The Hall–Kier alpha value is -2.41. The molecular weight excluding hydrogens is 390 g/mol. The molecular formula is C21H26ClN5O2. The Labute approximate surface area is 175 Å². The van der Waals surface area contributed by atoms with E-state index in [-0.39, 0.29) is 11.8 Å². The molecule has 0 spiro atoms. The molecule has 2 saturated heterocycles. The van der Waals surface area contributed by atoms with Crippen LogP contribution in [-0.2, 0) is 17.8 Å². The molecule has 29 heavy (non-hydrogen) atoms. The van der Waals surface area contributed by atoms with Gasteiger partial charge in [0, 0.05) is 37.7 Å². The predicted octanol–water partition coefficient (Wildman–Crippen LogP) is 2.65. The van der Waals surface area contributed by atoms with E-state index >= 15 is 0 Å². The van der Waals surface area contributed by atoms with Gasteiger partial charge in [-0.15, -0.1) is 5.10 Å². The highest BCUT2D eigenvalue weighted by atomic mass is 35.5. The second-order valence-electron chi connectivity index (χ2n) is 7.98. The second-order valence-corrected chi connectivity index (χ2v) is 8.41. The van der Waals surface area contributed by atoms with Crippen LogP contribution in [0.5, 0.6) is 0 Å². The van der Waals surface area contributed by atoms with Gasteiger partial charge in [0.15, 0.2) is 5.69 Å². The summed E-state index contributed by atoms with van der Waals surface area (Å²) in [5, 5.41) is 8.90. The molecule has 1 aromatic carbocycles. The van der Waals surface area contributed by atoms with E-state index in [0.29, 0.717) is 36.1 Å². The van der Waals surface area contributed by atoms with Crippen molar-refractivity contribution in [1.29, 1.82) is 0 Å². The van der Waals surface area contributed by atoms with Gasteiger partial charge in [-0.05, 0) is 49.3 Å². The van der Waals surface area contributed by atoms with E-state index in [1.807, 2.05) is 34.1 Å². The first kappa shape index (κ1) is 19.9. The number of carbonyl (C=O) groups excluding carboxylic acids is 2. The van der Waals surface area contributed by atoms with E-state index in [0.717, 1.165) is 50.9 Å². The first-order chi connectivity index (χ1) is 14.1. The topological polar surface area (TPSA) is 71.3 Å². The summed E-state index contributed by atoms with van der Waals surface area (Å²) in [5.41, 5.74) is 1.39. The molecule has 0 radical (unpaired) electrons. The van der Waals surface area contributed by atoms with Gasteiger partial charge < -0.3 is 9.80 Å². The minimum atomic E-state index is -0.0304. The number of hydrogen-bond donors (Lipinski definition) is 0. The number of hydrogen-bond acceptors (Lipinski definition) is 4. The molecule has 2 aromatic rings. The zero-order chi connectivity index (χ0) is 20.2. The largest absolute Gasteiger partial charge is 0.342 e. The lowest BCUT2D eigenvalue weighted by Crippen LogP contribution is -2.41. The highest BCUT2D eigenvalue weighted by molar-refractivity contribution is 6.30. The summed E-state index contributed by atoms with van der Waals surface area (Å²) in [6.07, 6.45) is 6.27. The monoisotopic (exact) mass is 415 g/mol. The lowest BCUT2D eigenvalue weighted by atomic mass is 9.97. The van der Waals surface area contributed by atoms with Crippen molar-refractivity contribution in [1.82, 2.24) is 24.8 Å². The van der Waals surface area contributed by atoms with E-state index in [4.69, 9.17) is 11.6 Å². The van der Waals surface area contributed by atoms with Gasteiger partial charge in [0.2, 0.25) is 5.91 Å². The van der Waals surface area contributed by atoms with E-state index in [9.17, 15) is 9.59 Å². The Morgan fingerprint density at radius 3 is 2.52 bits per heavy atom. The third-order valence-corrected chi connectivity index (χ3v) is 5.99. The van der Waals surface area contributed by atoms with Crippen LogP contribution in [0.15, 0.2) is 30.5 Å². The van der Waals surface area contributed by atoms with Crippen LogP contribution in [0.2, 0.25) is 5.02 Å². The summed E-state index contributed by atoms with van der Waals surface area (Å²) in [7, 11) is 0. The number of carbonyl (C=O) groups is 2. The van der Waals surface area contributed by atoms with E-state index in [1.165, 1.54) is 0 Å². The van der Waals surface area contributed by atoms with Crippen molar-refractivity contribution in [2.75, 3.05) is 26.2 Å². The average Bonchev–Trinajstić information content (AvgIpc) is 3.42. The molecule has 2 amide bonds. The molecule has 2 aliphatic heterocycles. The van der Waals surface area contributed by atoms with Gasteiger partial charge in [-0.2, -0.15) is 0 Å². The van der Waals surface area contributed by atoms with Crippen LogP contribution in [-0.4, -0.2) is 62.8 Å². The van der Waals surface area contributed by atoms with E-state index in [1.54, 1.807) is 10.9 Å². The lowest BCUT2D eigenvalue weighted by molar-refractivity contribution is -0.132. The summed E-state index contributed by atoms with van der Waals surface area (Å²) in [6.45, 7) is 3.78. The Morgan fingerprint density at radius 2 is 1.76 bits per heavy atom. The minimum absolute atomic E-state index is 0.0304. The van der Waals surface area contributed by atoms with Crippen molar-refractivity contribution in [3.63, 3.8) is 0 Å². The molecule has 1 unspecified atom stereocenters. The van der Waals surface area contributed by atoms with Crippen LogP contribution in [0.4, 0.5) is 0 Å².